The fourth-order valence-electron chi connectivity index (χ4n) is 2.52. The van der Waals surface area contributed by atoms with E-state index < -0.39 is 35.2 Å². The second-order valence-electron chi connectivity index (χ2n) is 5.42. The van der Waals surface area contributed by atoms with E-state index in [0.717, 1.165) is 25.0 Å². The highest BCUT2D eigenvalue weighted by molar-refractivity contribution is 5.89. The number of hydrogen-bond donors (Lipinski definition) is 2. The Hall–Kier alpha value is -2.18. The number of carboxylic acid groups (broad SMARTS) is 1. The zero-order chi connectivity index (χ0) is 16.3. The first-order valence-electron chi connectivity index (χ1n) is 7.01. The van der Waals surface area contributed by atoms with Crippen LogP contribution in [0.3, 0.4) is 0 Å². The number of ether oxygens (including phenoxy) is 1. The van der Waals surface area contributed by atoms with Crippen LogP contribution in [0.4, 0.5) is 8.78 Å². The predicted molar refractivity (Wildman–Crippen MR) is 73.4 cm³/mol. The van der Waals surface area contributed by atoms with Gasteiger partial charge >= 0.3 is 5.97 Å². The van der Waals surface area contributed by atoms with Crippen LogP contribution in [-0.2, 0) is 9.59 Å². The van der Waals surface area contributed by atoms with Gasteiger partial charge in [-0.3, -0.25) is 4.79 Å². The van der Waals surface area contributed by atoms with Gasteiger partial charge in [0.05, 0.1) is 0 Å². The van der Waals surface area contributed by atoms with E-state index in [9.17, 15) is 23.5 Å². The van der Waals surface area contributed by atoms with E-state index in [0.29, 0.717) is 12.8 Å². The molecule has 1 amide bonds. The topological polar surface area (TPSA) is 75.6 Å². The van der Waals surface area contributed by atoms with Gasteiger partial charge in [0, 0.05) is 6.07 Å². The second kappa shape index (κ2) is 6.29. The highest BCUT2D eigenvalue weighted by atomic mass is 19.2. The number of carbonyl (C=O) groups excluding carboxylic acids is 1. The molecule has 0 bridgehead atoms. The molecule has 0 saturated heterocycles. The van der Waals surface area contributed by atoms with Gasteiger partial charge < -0.3 is 15.2 Å². The second-order valence-corrected chi connectivity index (χ2v) is 5.42. The maximum Gasteiger partial charge on any atom is 0.329 e. The van der Waals surface area contributed by atoms with E-state index in [1.807, 2.05) is 0 Å². The number of amides is 1. The molecule has 1 aromatic rings. The summed E-state index contributed by atoms with van der Waals surface area (Å²) in [6.45, 7) is 1.42. The van der Waals surface area contributed by atoms with Crippen molar-refractivity contribution in [3.05, 3.63) is 29.8 Å². The summed E-state index contributed by atoms with van der Waals surface area (Å²) in [5.74, 6) is -3.77. The molecule has 2 N–H and O–H groups in total. The summed E-state index contributed by atoms with van der Waals surface area (Å²) in [5, 5.41) is 11.8. The van der Waals surface area contributed by atoms with Crippen molar-refractivity contribution in [1.29, 1.82) is 0 Å². The molecule has 7 heteroatoms. The Kier molecular flexibility index (Phi) is 4.63. The molecule has 0 aliphatic heterocycles. The van der Waals surface area contributed by atoms with Gasteiger partial charge in [-0.25, -0.2) is 13.6 Å². The molecule has 2 rings (SSSR count). The lowest BCUT2D eigenvalue weighted by atomic mass is 9.97. The predicted octanol–water partition coefficient (Wildman–Crippen LogP) is 2.25. The number of aliphatic carboxylic acids is 1. The molecule has 1 saturated carbocycles. The summed E-state index contributed by atoms with van der Waals surface area (Å²) in [4.78, 5) is 23.5. The number of rotatable bonds is 5. The molecule has 0 spiro atoms. The summed E-state index contributed by atoms with van der Waals surface area (Å²) in [6.07, 6.45) is 1.16. The number of hydrogen-bond acceptors (Lipinski definition) is 3. The van der Waals surface area contributed by atoms with Crippen LogP contribution >= 0.6 is 0 Å². The van der Waals surface area contributed by atoms with E-state index >= 15 is 0 Å². The summed E-state index contributed by atoms with van der Waals surface area (Å²) >= 11 is 0. The Bertz CT molecular complexity index is 585. The minimum Gasteiger partial charge on any atom is -0.481 e. The third-order valence-corrected chi connectivity index (χ3v) is 3.80. The lowest BCUT2D eigenvalue weighted by Gasteiger charge is -2.27. The molecule has 1 unspecified atom stereocenters. The Morgan fingerprint density at radius 2 is 1.91 bits per heavy atom. The van der Waals surface area contributed by atoms with Crippen molar-refractivity contribution in [1.82, 2.24) is 5.32 Å². The van der Waals surface area contributed by atoms with Crippen molar-refractivity contribution in [2.75, 3.05) is 0 Å². The molecule has 22 heavy (non-hydrogen) atoms. The van der Waals surface area contributed by atoms with Gasteiger partial charge in [0.2, 0.25) is 0 Å². The molecule has 1 atom stereocenters. The highest BCUT2D eigenvalue weighted by Crippen LogP contribution is 2.30. The third kappa shape index (κ3) is 3.35. The fourth-order valence-corrected chi connectivity index (χ4v) is 2.52. The standard InChI is InChI=1S/C15H17F2NO4/c1-9(22-10-4-5-11(16)12(17)8-10)13(19)18-15(14(20)21)6-2-3-7-15/h4-5,8-9H,2-3,6-7H2,1H3,(H,18,19)(H,20,21). The molecule has 120 valence electrons. The SMILES string of the molecule is CC(Oc1ccc(F)c(F)c1)C(=O)NC1(C(=O)O)CCCC1. The summed E-state index contributed by atoms with van der Waals surface area (Å²) in [6, 6.07) is 2.93. The molecule has 0 radical (unpaired) electrons. The van der Waals surface area contributed by atoms with Crippen molar-refractivity contribution in [2.45, 2.75) is 44.2 Å². The average molecular weight is 313 g/mol. The molecular weight excluding hydrogens is 296 g/mol. The largest absolute Gasteiger partial charge is 0.481 e. The molecule has 1 aromatic carbocycles. The number of carboxylic acids is 1. The highest BCUT2D eigenvalue weighted by Gasteiger charge is 2.43. The maximum atomic E-state index is 13.1. The zero-order valence-corrected chi connectivity index (χ0v) is 12.1. The third-order valence-electron chi connectivity index (χ3n) is 3.80. The van der Waals surface area contributed by atoms with Crippen molar-refractivity contribution in [3.63, 3.8) is 0 Å². The smallest absolute Gasteiger partial charge is 0.329 e. The van der Waals surface area contributed by atoms with Crippen molar-refractivity contribution < 1.29 is 28.2 Å². The number of nitrogens with one attached hydrogen (secondary N) is 1. The molecule has 1 aliphatic carbocycles. The minimum absolute atomic E-state index is 0.00246. The number of benzene rings is 1. The first-order valence-corrected chi connectivity index (χ1v) is 7.01. The Labute approximate surface area is 126 Å². The van der Waals surface area contributed by atoms with Gasteiger partial charge in [0.1, 0.15) is 11.3 Å². The van der Waals surface area contributed by atoms with E-state index in [2.05, 4.69) is 5.32 Å². The molecule has 1 fully saturated rings. The Morgan fingerprint density at radius 1 is 1.27 bits per heavy atom. The van der Waals surface area contributed by atoms with E-state index in [4.69, 9.17) is 4.74 Å². The van der Waals surface area contributed by atoms with Crippen LogP contribution in [0.2, 0.25) is 0 Å². The molecule has 0 heterocycles. The van der Waals surface area contributed by atoms with Crippen LogP contribution in [-0.4, -0.2) is 28.6 Å². The minimum atomic E-state index is -1.26. The summed E-state index contributed by atoms with van der Waals surface area (Å²) in [7, 11) is 0. The number of carbonyl (C=O) groups is 2. The first kappa shape index (κ1) is 16.2. The van der Waals surface area contributed by atoms with Gasteiger partial charge in [-0.15, -0.1) is 0 Å². The van der Waals surface area contributed by atoms with Crippen molar-refractivity contribution >= 4 is 11.9 Å². The quantitative estimate of drug-likeness (QED) is 0.874. The first-order chi connectivity index (χ1) is 10.3. The molecule has 5 nitrogen and oxygen atoms in total. The average Bonchev–Trinajstić information content (AvgIpc) is 2.92. The maximum absolute atomic E-state index is 13.1. The van der Waals surface area contributed by atoms with E-state index in [1.165, 1.54) is 13.0 Å². The van der Waals surface area contributed by atoms with Gasteiger partial charge in [0.25, 0.3) is 5.91 Å². The summed E-state index contributed by atoms with van der Waals surface area (Å²) < 4.78 is 31.2. The van der Waals surface area contributed by atoms with E-state index in [1.54, 1.807) is 0 Å². The normalized spacial score (nSPS) is 17.8. The van der Waals surface area contributed by atoms with Crippen LogP contribution in [0, 0.1) is 11.6 Å². The van der Waals surface area contributed by atoms with Crippen molar-refractivity contribution in [2.24, 2.45) is 0 Å². The van der Waals surface area contributed by atoms with Gasteiger partial charge in [-0.2, -0.15) is 0 Å². The van der Waals surface area contributed by atoms with Crippen molar-refractivity contribution in [3.8, 4) is 5.75 Å². The zero-order valence-electron chi connectivity index (χ0n) is 12.1. The molecule has 0 aromatic heterocycles. The van der Waals surface area contributed by atoms with Crippen LogP contribution in [0.5, 0.6) is 5.75 Å². The molecular formula is C15H17F2NO4. The van der Waals surface area contributed by atoms with Crippen LogP contribution < -0.4 is 10.1 Å². The van der Waals surface area contributed by atoms with Gasteiger partial charge in [0.15, 0.2) is 17.7 Å². The lowest BCUT2D eigenvalue weighted by molar-refractivity contribution is -0.148. The molecule has 1 aliphatic rings. The van der Waals surface area contributed by atoms with Crippen LogP contribution in [0.1, 0.15) is 32.6 Å². The Balaban J connectivity index is 2.02. The van der Waals surface area contributed by atoms with E-state index in [-0.39, 0.29) is 5.75 Å². The fraction of sp³-hybridized carbons (Fsp3) is 0.467. The van der Waals surface area contributed by atoms with Gasteiger partial charge in [-0.05, 0) is 31.9 Å². The van der Waals surface area contributed by atoms with Crippen LogP contribution in [0.25, 0.3) is 0 Å². The number of halogens is 2. The Morgan fingerprint density at radius 3 is 2.45 bits per heavy atom. The monoisotopic (exact) mass is 313 g/mol. The summed E-state index contributed by atoms with van der Waals surface area (Å²) in [5.41, 5.74) is -1.26. The van der Waals surface area contributed by atoms with Crippen LogP contribution in [0.15, 0.2) is 18.2 Å². The van der Waals surface area contributed by atoms with Gasteiger partial charge in [-0.1, -0.05) is 12.8 Å². The lowest BCUT2D eigenvalue weighted by Crippen LogP contribution is -2.55.